The van der Waals surface area contributed by atoms with Gasteiger partial charge in [0.2, 0.25) is 35.9 Å². The Bertz CT molecular complexity index is 5130. The second kappa shape index (κ2) is 35.3. The van der Waals surface area contributed by atoms with Gasteiger partial charge in [0.1, 0.15) is 23.0 Å². The molecule has 5 aromatic carbocycles. The fourth-order valence-corrected chi connectivity index (χ4v) is 9.62. The van der Waals surface area contributed by atoms with Crippen LogP contribution in [0.15, 0.2) is 248 Å². The Labute approximate surface area is 601 Å². The van der Waals surface area contributed by atoms with Crippen LogP contribution in [0.25, 0.3) is 114 Å². The average molecular weight is 1410 g/mol. The molecule has 11 heterocycles. The molecule has 0 N–H and O–H groups in total. The van der Waals surface area contributed by atoms with E-state index in [9.17, 15) is 0 Å². The summed E-state index contributed by atoms with van der Waals surface area (Å²) in [5, 5.41) is 19.9. The predicted molar refractivity (Wildman–Crippen MR) is 383 cm³/mol. The number of methoxy groups -OCH3 is 4. The van der Waals surface area contributed by atoms with E-state index in [2.05, 4.69) is 96.4 Å². The first-order chi connectivity index (χ1) is 51.6. The van der Waals surface area contributed by atoms with Gasteiger partial charge in [-0.25, -0.2) is 0 Å². The Morgan fingerprint density at radius 1 is 0.324 bits per heavy atom. The molecule has 528 valence electrons. The number of benzene rings is 5. The standard InChI is InChI=1S/C17H17N3O2.C16H15N3O4.C16H15N3O2.C14H9N3O3.C14H11N3O2/c1-12(2)11-21-15-5-3-14(4-6-15)17-19-16(20-22-17)13-7-9-18-10-8-13;1-20-12-9-14(22-3)13(21-2)8-11(12)16-18-15(19-23-16)10-4-6-17-7-5-10;1-2-11-20-14-5-3-13(4-6-14)16-18-15(19-21-16)12-7-9-17-10-8-12;1-2-11-12(19-8-18-11)7-10(1)14-16-13(17-20-14)9-3-5-15-6-4-9;1-18-12-4-2-11(3-5-12)14-16-13(17-19-14)10-6-8-15-9-7-10/h3-10,12H,11H2,1-2H3;4-9H,1-3H3;3-10H,2,11H2,1H3;1-7H,8H2;2-9H,1H3. The van der Waals surface area contributed by atoms with E-state index in [1.807, 2.05) is 140 Å². The average Bonchev–Trinajstić information content (AvgIpc) is 1.49. The van der Waals surface area contributed by atoms with Gasteiger partial charge in [0.15, 0.2) is 23.0 Å². The molecule has 1 aliphatic heterocycles. The molecule has 0 spiro atoms. The van der Waals surface area contributed by atoms with E-state index in [1.54, 1.807) is 115 Å². The third kappa shape index (κ3) is 18.7. The van der Waals surface area contributed by atoms with Crippen LogP contribution in [0, 0.1) is 5.92 Å². The van der Waals surface area contributed by atoms with Crippen LogP contribution in [0.5, 0.6) is 46.0 Å². The number of nitrogens with zero attached hydrogens (tertiary/aromatic N) is 15. The Morgan fingerprint density at radius 2 is 0.657 bits per heavy atom. The smallest absolute Gasteiger partial charge is 0.262 e. The summed E-state index contributed by atoms with van der Waals surface area (Å²) in [5.74, 6) is 10.9. The van der Waals surface area contributed by atoms with Gasteiger partial charge in [0.05, 0.1) is 47.2 Å². The van der Waals surface area contributed by atoms with Crippen LogP contribution >= 0.6 is 0 Å². The van der Waals surface area contributed by atoms with Crippen molar-refractivity contribution >= 4 is 0 Å². The lowest BCUT2D eigenvalue weighted by Gasteiger charge is -2.11. The van der Waals surface area contributed by atoms with Gasteiger partial charge in [-0.1, -0.05) is 46.6 Å². The van der Waals surface area contributed by atoms with Crippen LogP contribution < -0.4 is 37.9 Å². The highest BCUT2D eigenvalue weighted by Crippen LogP contribution is 2.41. The van der Waals surface area contributed by atoms with Gasteiger partial charge in [0, 0.05) is 124 Å². The van der Waals surface area contributed by atoms with Crippen molar-refractivity contribution in [3.63, 3.8) is 0 Å². The van der Waals surface area contributed by atoms with E-state index >= 15 is 0 Å². The summed E-state index contributed by atoms with van der Waals surface area (Å²) < 4.78 is 69.4. The van der Waals surface area contributed by atoms with Crippen molar-refractivity contribution in [1.29, 1.82) is 0 Å². The number of pyridine rings is 5. The zero-order valence-corrected chi connectivity index (χ0v) is 57.8. The topological polar surface area (TPSA) is 333 Å². The molecule has 15 aromatic rings. The summed E-state index contributed by atoms with van der Waals surface area (Å²) in [6.45, 7) is 7.97. The van der Waals surface area contributed by atoms with E-state index in [0.29, 0.717) is 106 Å². The van der Waals surface area contributed by atoms with Crippen molar-refractivity contribution in [2.75, 3.05) is 48.4 Å². The Balaban J connectivity index is 0.000000123. The Morgan fingerprint density at radius 3 is 1.03 bits per heavy atom. The molecule has 16 rings (SSSR count). The third-order valence-electron chi connectivity index (χ3n) is 15.0. The van der Waals surface area contributed by atoms with Crippen molar-refractivity contribution in [1.82, 2.24) is 75.6 Å². The van der Waals surface area contributed by atoms with Gasteiger partial charge in [-0.05, 0) is 164 Å². The number of rotatable bonds is 20. The summed E-state index contributed by atoms with van der Waals surface area (Å²) in [5.41, 5.74) is 8.30. The number of hydrogen-bond donors (Lipinski definition) is 0. The van der Waals surface area contributed by atoms with Crippen LogP contribution in [-0.2, 0) is 0 Å². The lowest BCUT2D eigenvalue weighted by molar-refractivity contribution is 0.174. The number of aromatic nitrogens is 15. The summed E-state index contributed by atoms with van der Waals surface area (Å²) in [7, 11) is 6.31. The molecule has 0 aliphatic carbocycles. The predicted octanol–water partition coefficient (Wildman–Crippen LogP) is 15.6. The number of fused-ring (bicyclic) bond motifs is 1. The van der Waals surface area contributed by atoms with Gasteiger partial charge in [-0.15, -0.1) is 0 Å². The van der Waals surface area contributed by atoms with Crippen LogP contribution in [0.2, 0.25) is 0 Å². The molecule has 0 unspecified atom stereocenters. The summed E-state index contributed by atoms with van der Waals surface area (Å²) in [6.07, 6.45) is 17.9. The Kier molecular flexibility index (Phi) is 23.8. The normalized spacial score (nSPS) is 10.9. The number of hydrogen-bond acceptors (Lipinski definition) is 28. The van der Waals surface area contributed by atoms with Crippen molar-refractivity contribution < 1.29 is 60.5 Å². The minimum atomic E-state index is 0.241. The van der Waals surface area contributed by atoms with Crippen molar-refractivity contribution in [2.24, 2.45) is 5.92 Å². The zero-order chi connectivity index (χ0) is 72.5. The van der Waals surface area contributed by atoms with Crippen LogP contribution in [0.1, 0.15) is 27.2 Å². The molecule has 0 radical (unpaired) electrons. The van der Waals surface area contributed by atoms with E-state index in [4.69, 9.17) is 60.5 Å². The lowest BCUT2D eigenvalue weighted by atomic mass is 10.1. The molecule has 0 saturated heterocycles. The van der Waals surface area contributed by atoms with Gasteiger partial charge in [0.25, 0.3) is 29.5 Å². The molecular weight excluding hydrogens is 1340 g/mol. The van der Waals surface area contributed by atoms with Gasteiger partial charge in [-0.3, -0.25) is 24.9 Å². The first-order valence-electron chi connectivity index (χ1n) is 32.6. The van der Waals surface area contributed by atoms with E-state index < -0.39 is 0 Å². The van der Waals surface area contributed by atoms with Crippen molar-refractivity contribution in [3.05, 3.63) is 226 Å². The lowest BCUT2D eigenvalue weighted by Crippen LogP contribution is -2.04. The summed E-state index contributed by atoms with van der Waals surface area (Å²) in [4.78, 5) is 41.8. The molecule has 0 bridgehead atoms. The first kappa shape index (κ1) is 70.8. The van der Waals surface area contributed by atoms with Crippen LogP contribution in [-0.4, -0.2) is 124 Å². The monoisotopic (exact) mass is 1410 g/mol. The third-order valence-corrected chi connectivity index (χ3v) is 15.0. The highest BCUT2D eigenvalue weighted by atomic mass is 16.7. The Hall–Kier alpha value is -14.1. The second-order valence-electron chi connectivity index (χ2n) is 22.6. The molecule has 0 saturated carbocycles. The van der Waals surface area contributed by atoms with Crippen LogP contribution in [0.4, 0.5) is 0 Å². The maximum absolute atomic E-state index is 5.66. The second-order valence-corrected chi connectivity index (χ2v) is 22.6. The van der Waals surface area contributed by atoms with Gasteiger partial charge in [-0.2, -0.15) is 24.9 Å². The molecule has 28 nitrogen and oxygen atoms in total. The van der Waals surface area contributed by atoms with Gasteiger partial charge < -0.3 is 60.5 Å². The molecular formula is C77H67N15O13. The van der Waals surface area contributed by atoms with E-state index in [-0.39, 0.29) is 6.79 Å². The minimum Gasteiger partial charge on any atom is -0.497 e. The molecule has 0 atom stereocenters. The quantitative estimate of drug-likeness (QED) is 0.0684. The maximum atomic E-state index is 5.66. The van der Waals surface area contributed by atoms with E-state index in [1.165, 1.54) is 0 Å². The SMILES string of the molecule is CC(C)COc1ccc(-c2nc(-c3ccncc3)no2)cc1.CCCOc1ccc(-c2nc(-c3ccncc3)no2)cc1.COc1cc(OC)c(-c2nc(-c3ccncc3)no2)cc1OC.COc1ccc(-c2nc(-c3ccncc3)no2)cc1.c1cc(-c2noc(-c3ccc4c(c3)OCO4)n2)ccn1. The molecule has 28 heteroatoms. The highest BCUT2D eigenvalue weighted by Gasteiger charge is 2.21. The van der Waals surface area contributed by atoms with Crippen molar-refractivity contribution in [3.8, 4) is 160 Å². The molecule has 1 aliphatic rings. The first-order valence-corrected chi connectivity index (χ1v) is 32.6. The van der Waals surface area contributed by atoms with Gasteiger partial charge >= 0.3 is 0 Å². The molecule has 105 heavy (non-hydrogen) atoms. The van der Waals surface area contributed by atoms with E-state index in [0.717, 1.165) is 79.5 Å². The number of ether oxygens (including phenoxy) is 8. The summed E-state index contributed by atoms with van der Waals surface area (Å²) in [6, 6.07) is 50.0. The zero-order valence-electron chi connectivity index (χ0n) is 57.8. The van der Waals surface area contributed by atoms with Crippen LogP contribution in [0.3, 0.4) is 0 Å². The summed E-state index contributed by atoms with van der Waals surface area (Å²) >= 11 is 0. The minimum absolute atomic E-state index is 0.241. The maximum Gasteiger partial charge on any atom is 0.262 e. The van der Waals surface area contributed by atoms with Crippen molar-refractivity contribution in [2.45, 2.75) is 27.2 Å². The molecule has 0 fully saturated rings. The largest absolute Gasteiger partial charge is 0.497 e. The fraction of sp³-hybridized carbons (Fsp3) is 0.156. The fourth-order valence-electron chi connectivity index (χ4n) is 9.62. The molecule has 0 amide bonds. The highest BCUT2D eigenvalue weighted by molar-refractivity contribution is 5.71. The molecule has 10 aromatic heterocycles.